The van der Waals surface area contributed by atoms with Crippen LogP contribution in [0.2, 0.25) is 0 Å². The third-order valence-corrected chi connectivity index (χ3v) is 5.32. The van der Waals surface area contributed by atoms with Gasteiger partial charge in [-0.2, -0.15) is 0 Å². The van der Waals surface area contributed by atoms with E-state index in [1.54, 1.807) is 0 Å². The van der Waals surface area contributed by atoms with Crippen molar-refractivity contribution in [3.8, 4) is 0 Å². The molecule has 2 fully saturated rings. The summed E-state index contributed by atoms with van der Waals surface area (Å²) < 4.78 is -0.0113. The summed E-state index contributed by atoms with van der Waals surface area (Å²) >= 11 is 1.89. The molecule has 2 aliphatic rings. The first kappa shape index (κ1) is 10.5. The molecule has 1 aliphatic carbocycles. The molecule has 1 aliphatic heterocycles. The quantitative estimate of drug-likeness (QED) is 0.713. The monoisotopic (exact) mass is 212 g/mol. The summed E-state index contributed by atoms with van der Waals surface area (Å²) in [7, 11) is 0. The van der Waals surface area contributed by atoms with Crippen LogP contribution < -0.4 is 0 Å². The maximum atomic E-state index is 12.1. The molecule has 1 saturated carbocycles. The Kier molecular flexibility index (Phi) is 3.20. The largest absolute Gasteiger partial charge is 0.298 e. The van der Waals surface area contributed by atoms with Gasteiger partial charge in [0, 0.05) is 6.42 Å². The van der Waals surface area contributed by atoms with Gasteiger partial charge in [0.2, 0.25) is 0 Å². The fourth-order valence-electron chi connectivity index (χ4n) is 2.69. The second-order valence-electron chi connectivity index (χ2n) is 4.96. The third-order valence-electron chi connectivity index (χ3n) is 3.76. The highest BCUT2D eigenvalue weighted by molar-refractivity contribution is 8.01. The Labute approximate surface area is 91.0 Å². The number of rotatable bonds is 3. The number of hydrogen-bond donors (Lipinski definition) is 0. The number of hydrogen-bond acceptors (Lipinski definition) is 2. The van der Waals surface area contributed by atoms with Crippen molar-refractivity contribution < 1.29 is 4.79 Å². The molecule has 0 radical (unpaired) electrons. The molecule has 2 rings (SSSR count). The average Bonchev–Trinajstić information content (AvgIpc) is 2.76. The SMILES string of the molecule is CC1(C(=O)CC2CCCC2)CCCS1. The Bertz CT molecular complexity index is 212. The highest BCUT2D eigenvalue weighted by atomic mass is 32.2. The van der Waals surface area contributed by atoms with Crippen molar-refractivity contribution in [3.63, 3.8) is 0 Å². The number of thioether (sulfide) groups is 1. The van der Waals surface area contributed by atoms with Gasteiger partial charge in [-0.1, -0.05) is 25.7 Å². The molecular formula is C12H20OS. The van der Waals surface area contributed by atoms with Crippen molar-refractivity contribution in [2.75, 3.05) is 5.75 Å². The van der Waals surface area contributed by atoms with Crippen molar-refractivity contribution in [2.24, 2.45) is 5.92 Å². The first-order chi connectivity index (χ1) is 6.71. The first-order valence-corrected chi connectivity index (χ1v) is 6.86. The minimum Gasteiger partial charge on any atom is -0.298 e. The molecule has 1 heterocycles. The van der Waals surface area contributed by atoms with E-state index in [0.29, 0.717) is 5.78 Å². The average molecular weight is 212 g/mol. The highest BCUT2D eigenvalue weighted by Crippen LogP contribution is 2.41. The van der Waals surface area contributed by atoms with Crippen LogP contribution in [0.4, 0.5) is 0 Å². The maximum Gasteiger partial charge on any atom is 0.148 e. The smallest absolute Gasteiger partial charge is 0.148 e. The van der Waals surface area contributed by atoms with Crippen LogP contribution in [-0.4, -0.2) is 16.3 Å². The van der Waals surface area contributed by atoms with Crippen molar-refractivity contribution >= 4 is 17.5 Å². The minimum absolute atomic E-state index is 0.0113. The van der Waals surface area contributed by atoms with Crippen molar-refractivity contribution in [1.29, 1.82) is 0 Å². The summed E-state index contributed by atoms with van der Waals surface area (Å²) in [5.74, 6) is 2.44. The van der Waals surface area contributed by atoms with Crippen LogP contribution in [0.3, 0.4) is 0 Å². The summed E-state index contributed by atoms with van der Waals surface area (Å²) in [5.41, 5.74) is 0. The van der Waals surface area contributed by atoms with Gasteiger partial charge in [-0.3, -0.25) is 4.79 Å². The maximum absolute atomic E-state index is 12.1. The number of carbonyl (C=O) groups excluding carboxylic acids is 1. The summed E-state index contributed by atoms with van der Waals surface area (Å²) in [6.45, 7) is 2.15. The van der Waals surface area contributed by atoms with E-state index in [1.165, 1.54) is 37.9 Å². The van der Waals surface area contributed by atoms with E-state index < -0.39 is 0 Å². The molecule has 14 heavy (non-hydrogen) atoms. The van der Waals surface area contributed by atoms with Crippen molar-refractivity contribution in [1.82, 2.24) is 0 Å². The predicted octanol–water partition coefficient (Wildman–Crippen LogP) is 3.42. The van der Waals surface area contributed by atoms with Crippen LogP contribution in [0.15, 0.2) is 0 Å². The van der Waals surface area contributed by atoms with Gasteiger partial charge in [0.1, 0.15) is 5.78 Å². The molecule has 1 saturated heterocycles. The summed E-state index contributed by atoms with van der Waals surface area (Å²) in [6.07, 6.45) is 8.51. The third kappa shape index (κ3) is 2.16. The van der Waals surface area contributed by atoms with Gasteiger partial charge >= 0.3 is 0 Å². The van der Waals surface area contributed by atoms with E-state index in [-0.39, 0.29) is 4.75 Å². The van der Waals surface area contributed by atoms with Gasteiger partial charge in [-0.25, -0.2) is 0 Å². The van der Waals surface area contributed by atoms with Gasteiger partial charge in [-0.05, 0) is 31.4 Å². The van der Waals surface area contributed by atoms with E-state index in [1.807, 2.05) is 11.8 Å². The number of Topliss-reactive ketones (excluding diaryl/α,β-unsaturated/α-hetero) is 1. The van der Waals surface area contributed by atoms with Crippen LogP contribution in [0.25, 0.3) is 0 Å². The van der Waals surface area contributed by atoms with Crippen LogP contribution in [0.5, 0.6) is 0 Å². The molecular weight excluding hydrogens is 192 g/mol. The number of ketones is 1. The molecule has 0 aromatic rings. The summed E-state index contributed by atoms with van der Waals surface area (Å²) in [5, 5.41) is 0. The lowest BCUT2D eigenvalue weighted by Gasteiger charge is -2.22. The minimum atomic E-state index is -0.0113. The van der Waals surface area contributed by atoms with Crippen molar-refractivity contribution in [3.05, 3.63) is 0 Å². The van der Waals surface area contributed by atoms with Crippen LogP contribution in [-0.2, 0) is 4.79 Å². The lowest BCUT2D eigenvalue weighted by atomic mass is 9.91. The molecule has 0 aromatic carbocycles. The fraction of sp³-hybridized carbons (Fsp3) is 0.917. The molecule has 0 spiro atoms. The molecule has 1 atom stereocenters. The van der Waals surface area contributed by atoms with Gasteiger partial charge in [0.15, 0.2) is 0 Å². The zero-order chi connectivity index (χ0) is 10.0. The van der Waals surface area contributed by atoms with Crippen LogP contribution in [0.1, 0.15) is 51.9 Å². The lowest BCUT2D eigenvalue weighted by molar-refractivity contribution is -0.121. The lowest BCUT2D eigenvalue weighted by Crippen LogP contribution is -2.29. The van der Waals surface area contributed by atoms with E-state index in [4.69, 9.17) is 0 Å². The molecule has 80 valence electrons. The summed E-state index contributed by atoms with van der Waals surface area (Å²) in [6, 6.07) is 0. The van der Waals surface area contributed by atoms with Crippen LogP contribution >= 0.6 is 11.8 Å². The molecule has 0 aromatic heterocycles. The number of carbonyl (C=O) groups is 1. The van der Waals surface area contributed by atoms with Crippen LogP contribution in [0, 0.1) is 5.92 Å². The van der Waals surface area contributed by atoms with E-state index >= 15 is 0 Å². The van der Waals surface area contributed by atoms with E-state index in [2.05, 4.69) is 6.92 Å². The molecule has 1 unspecified atom stereocenters. The van der Waals surface area contributed by atoms with Gasteiger partial charge in [-0.15, -0.1) is 11.8 Å². The second-order valence-corrected chi connectivity index (χ2v) is 6.56. The Balaban J connectivity index is 1.87. The normalized spacial score (nSPS) is 33.8. The molecule has 1 nitrogen and oxygen atoms in total. The highest BCUT2D eigenvalue weighted by Gasteiger charge is 2.37. The van der Waals surface area contributed by atoms with Gasteiger partial charge in [0.05, 0.1) is 4.75 Å². The van der Waals surface area contributed by atoms with Gasteiger partial charge < -0.3 is 0 Å². The fourth-order valence-corrected chi connectivity index (χ4v) is 3.96. The predicted molar refractivity (Wildman–Crippen MR) is 61.7 cm³/mol. The second kappa shape index (κ2) is 4.26. The molecule has 0 N–H and O–H groups in total. The summed E-state index contributed by atoms with van der Waals surface area (Å²) in [4.78, 5) is 12.1. The Hall–Kier alpha value is 0.0200. The Morgan fingerprint density at radius 1 is 1.36 bits per heavy atom. The Morgan fingerprint density at radius 3 is 2.64 bits per heavy atom. The van der Waals surface area contributed by atoms with E-state index in [9.17, 15) is 4.79 Å². The molecule has 0 amide bonds. The van der Waals surface area contributed by atoms with Gasteiger partial charge in [0.25, 0.3) is 0 Å². The first-order valence-electron chi connectivity index (χ1n) is 5.88. The molecule has 0 bridgehead atoms. The van der Waals surface area contributed by atoms with Crippen molar-refractivity contribution in [2.45, 2.75) is 56.6 Å². The standard InChI is InChI=1S/C12H20OS/c1-12(7-4-8-14-12)11(13)9-10-5-2-3-6-10/h10H,2-9H2,1H3. The topological polar surface area (TPSA) is 17.1 Å². The van der Waals surface area contributed by atoms with E-state index in [0.717, 1.165) is 18.8 Å². The zero-order valence-electron chi connectivity index (χ0n) is 9.05. The molecule has 2 heteroatoms. The Morgan fingerprint density at radius 2 is 2.07 bits per heavy atom. The zero-order valence-corrected chi connectivity index (χ0v) is 9.87.